The second-order valence-electron chi connectivity index (χ2n) is 3.32. The van der Waals surface area contributed by atoms with Crippen molar-refractivity contribution < 1.29 is 4.11 Å². The van der Waals surface area contributed by atoms with Gasteiger partial charge in [-0.15, -0.1) is 13.2 Å². The standard InChI is InChI=1S/C12H15FSi/c1-3-10-14(13,11-4-2)12-8-6-5-7-9-12/h3-9H,1-2,10-11H2. The molecule has 0 saturated carbocycles. The minimum atomic E-state index is -2.86. The van der Waals surface area contributed by atoms with Crippen LogP contribution < -0.4 is 5.19 Å². The summed E-state index contributed by atoms with van der Waals surface area (Å²) < 4.78 is 14.5. The van der Waals surface area contributed by atoms with E-state index in [1.807, 2.05) is 30.3 Å². The molecule has 0 fully saturated rings. The molecule has 0 aromatic heterocycles. The Morgan fingerprint density at radius 2 is 1.57 bits per heavy atom. The van der Waals surface area contributed by atoms with Crippen molar-refractivity contribution in [1.29, 1.82) is 0 Å². The third kappa shape index (κ3) is 2.42. The van der Waals surface area contributed by atoms with Crippen LogP contribution in [0.3, 0.4) is 0 Å². The Kier molecular flexibility index (Phi) is 3.83. The molecule has 0 radical (unpaired) electrons. The van der Waals surface area contributed by atoms with Gasteiger partial charge in [0.05, 0.1) is 0 Å². The Morgan fingerprint density at radius 3 is 2.00 bits per heavy atom. The molecule has 0 spiro atoms. The number of halogens is 1. The molecule has 0 atom stereocenters. The summed E-state index contributed by atoms with van der Waals surface area (Å²) >= 11 is 0. The molecule has 2 heteroatoms. The van der Waals surface area contributed by atoms with Crippen LogP contribution >= 0.6 is 0 Å². The average Bonchev–Trinajstić information content (AvgIpc) is 2.20. The molecular formula is C12H15FSi. The maximum absolute atomic E-state index is 14.5. The SMILES string of the molecule is C=CC[Si](F)(CC=C)c1ccccc1. The third-order valence-corrected chi connectivity index (χ3v) is 5.47. The lowest BCUT2D eigenvalue weighted by Gasteiger charge is -2.19. The summed E-state index contributed by atoms with van der Waals surface area (Å²) in [5.41, 5.74) is 0. The smallest absolute Gasteiger partial charge is 0.284 e. The Morgan fingerprint density at radius 1 is 1.07 bits per heavy atom. The van der Waals surface area contributed by atoms with E-state index >= 15 is 0 Å². The van der Waals surface area contributed by atoms with Gasteiger partial charge in [-0.3, -0.25) is 0 Å². The topological polar surface area (TPSA) is 0 Å². The van der Waals surface area contributed by atoms with E-state index in [2.05, 4.69) is 13.2 Å². The van der Waals surface area contributed by atoms with Crippen LogP contribution in [0.25, 0.3) is 0 Å². The first-order valence-corrected chi connectivity index (χ1v) is 6.98. The molecule has 14 heavy (non-hydrogen) atoms. The van der Waals surface area contributed by atoms with Gasteiger partial charge in [-0.05, 0) is 17.3 Å². The molecule has 0 aliphatic rings. The van der Waals surface area contributed by atoms with Crippen LogP contribution in [0.4, 0.5) is 4.11 Å². The maximum Gasteiger partial charge on any atom is 0.284 e. The van der Waals surface area contributed by atoms with E-state index in [9.17, 15) is 4.11 Å². The van der Waals surface area contributed by atoms with Gasteiger partial charge < -0.3 is 4.11 Å². The van der Waals surface area contributed by atoms with Crippen molar-refractivity contribution in [2.45, 2.75) is 12.1 Å². The molecule has 0 aliphatic carbocycles. The van der Waals surface area contributed by atoms with Gasteiger partial charge in [-0.1, -0.05) is 42.5 Å². The van der Waals surface area contributed by atoms with Gasteiger partial charge in [0.25, 0.3) is 8.41 Å². The highest BCUT2D eigenvalue weighted by molar-refractivity contribution is 6.86. The molecular weight excluding hydrogens is 191 g/mol. The Labute approximate surface area is 86.0 Å². The van der Waals surface area contributed by atoms with Gasteiger partial charge in [-0.25, -0.2) is 0 Å². The molecule has 1 aromatic carbocycles. The summed E-state index contributed by atoms with van der Waals surface area (Å²) in [7, 11) is -2.86. The predicted molar refractivity (Wildman–Crippen MR) is 62.9 cm³/mol. The van der Waals surface area contributed by atoms with Crippen LogP contribution in [0, 0.1) is 0 Å². The van der Waals surface area contributed by atoms with Gasteiger partial charge in [0.15, 0.2) is 0 Å². The monoisotopic (exact) mass is 206 g/mol. The maximum atomic E-state index is 14.5. The van der Waals surface area contributed by atoms with Crippen molar-refractivity contribution in [3.8, 4) is 0 Å². The Bertz CT molecular complexity index is 295. The number of hydrogen-bond donors (Lipinski definition) is 0. The van der Waals surface area contributed by atoms with Crippen LogP contribution in [0.5, 0.6) is 0 Å². The second-order valence-corrected chi connectivity index (χ2v) is 6.64. The van der Waals surface area contributed by atoms with E-state index < -0.39 is 8.41 Å². The zero-order chi connectivity index (χ0) is 10.4. The average molecular weight is 206 g/mol. The van der Waals surface area contributed by atoms with Gasteiger partial charge in [0.1, 0.15) is 0 Å². The summed E-state index contributed by atoms with van der Waals surface area (Å²) in [6, 6.07) is 10.3. The quantitative estimate of drug-likeness (QED) is 0.394. The Balaban J connectivity index is 2.98. The van der Waals surface area contributed by atoms with Gasteiger partial charge in [-0.2, -0.15) is 0 Å². The molecule has 0 nitrogen and oxygen atoms in total. The van der Waals surface area contributed by atoms with E-state index in [4.69, 9.17) is 0 Å². The fourth-order valence-corrected chi connectivity index (χ4v) is 3.86. The second kappa shape index (κ2) is 4.91. The van der Waals surface area contributed by atoms with E-state index in [-0.39, 0.29) is 0 Å². The van der Waals surface area contributed by atoms with Crippen LogP contribution in [0.15, 0.2) is 55.6 Å². The van der Waals surface area contributed by atoms with Crippen LogP contribution in [0.1, 0.15) is 0 Å². The molecule has 74 valence electrons. The van der Waals surface area contributed by atoms with Crippen LogP contribution in [0.2, 0.25) is 12.1 Å². The van der Waals surface area contributed by atoms with Gasteiger partial charge in [0, 0.05) is 0 Å². The largest absolute Gasteiger partial charge is 0.307 e. The lowest BCUT2D eigenvalue weighted by molar-refractivity contribution is 0.800. The molecule has 1 rings (SSSR count). The first-order valence-electron chi connectivity index (χ1n) is 4.69. The number of allylic oxidation sites excluding steroid dienone is 2. The number of rotatable bonds is 5. The van der Waals surface area contributed by atoms with Crippen LogP contribution in [-0.2, 0) is 0 Å². The first-order chi connectivity index (χ1) is 6.73. The fourth-order valence-electron chi connectivity index (χ4n) is 1.51. The highest BCUT2D eigenvalue weighted by Crippen LogP contribution is 2.18. The van der Waals surface area contributed by atoms with Crippen molar-refractivity contribution in [3.63, 3.8) is 0 Å². The van der Waals surface area contributed by atoms with Gasteiger partial charge in [0.2, 0.25) is 0 Å². The van der Waals surface area contributed by atoms with Crippen molar-refractivity contribution in [3.05, 3.63) is 55.6 Å². The minimum absolute atomic E-state index is 0.461. The van der Waals surface area contributed by atoms with E-state index in [1.54, 1.807) is 12.2 Å². The third-order valence-electron chi connectivity index (χ3n) is 2.23. The molecule has 1 aromatic rings. The summed E-state index contributed by atoms with van der Waals surface area (Å²) in [4.78, 5) is 0. The Hall–Kier alpha value is -1.15. The fraction of sp³-hybridized carbons (Fsp3) is 0.167. The normalized spacial score (nSPS) is 10.9. The highest BCUT2D eigenvalue weighted by atomic mass is 28.4. The van der Waals surface area contributed by atoms with E-state index in [0.717, 1.165) is 5.19 Å². The van der Waals surface area contributed by atoms with Crippen LogP contribution in [-0.4, -0.2) is 8.41 Å². The summed E-state index contributed by atoms with van der Waals surface area (Å²) in [5.74, 6) is 0. The lowest BCUT2D eigenvalue weighted by Crippen LogP contribution is -2.42. The zero-order valence-corrected chi connectivity index (χ0v) is 9.25. The summed E-state index contributed by atoms with van der Waals surface area (Å²) in [5, 5.41) is 0.833. The molecule has 0 N–H and O–H groups in total. The molecule has 0 saturated heterocycles. The van der Waals surface area contributed by atoms with Crippen molar-refractivity contribution in [2.24, 2.45) is 0 Å². The summed E-state index contributed by atoms with van der Waals surface area (Å²) in [6.07, 6.45) is 3.34. The minimum Gasteiger partial charge on any atom is -0.307 e. The zero-order valence-electron chi connectivity index (χ0n) is 8.25. The molecule has 0 aliphatic heterocycles. The number of benzene rings is 1. The molecule has 0 amide bonds. The van der Waals surface area contributed by atoms with Crippen molar-refractivity contribution >= 4 is 13.6 Å². The molecule has 0 unspecified atom stereocenters. The molecule has 0 heterocycles. The predicted octanol–water partition coefficient (Wildman–Crippen LogP) is 3.18. The summed E-state index contributed by atoms with van der Waals surface area (Å²) in [6.45, 7) is 7.23. The lowest BCUT2D eigenvalue weighted by atomic mass is 10.4. The van der Waals surface area contributed by atoms with Gasteiger partial charge >= 0.3 is 0 Å². The highest BCUT2D eigenvalue weighted by Gasteiger charge is 2.33. The van der Waals surface area contributed by atoms with Crippen molar-refractivity contribution in [1.82, 2.24) is 0 Å². The van der Waals surface area contributed by atoms with Crippen molar-refractivity contribution in [2.75, 3.05) is 0 Å². The molecule has 0 bridgehead atoms. The van der Waals surface area contributed by atoms with E-state index in [1.165, 1.54) is 0 Å². The first kappa shape index (κ1) is 10.9. The number of hydrogen-bond acceptors (Lipinski definition) is 0. The van der Waals surface area contributed by atoms with E-state index in [0.29, 0.717) is 12.1 Å².